The molecule has 0 fully saturated rings. The van der Waals surface area contributed by atoms with E-state index < -0.39 is 9.84 Å². The molecular weight excluding hydrogens is 340 g/mol. The van der Waals surface area contributed by atoms with Crippen molar-refractivity contribution in [2.75, 3.05) is 18.7 Å². The molecule has 3 aromatic rings. The van der Waals surface area contributed by atoms with Gasteiger partial charge in [-0.05, 0) is 42.0 Å². The minimum absolute atomic E-state index is 0.143. The molecule has 2 aromatic carbocycles. The van der Waals surface area contributed by atoms with Crippen LogP contribution in [-0.4, -0.2) is 32.7 Å². The second-order valence-electron chi connectivity index (χ2n) is 6.09. The Balaban J connectivity index is 2.04. The molecule has 7 heteroatoms. The third kappa shape index (κ3) is 2.56. The SMILES string of the molecule is COc1ccc2c(c1)-c1[nH]c3ccc(S(C)(=O)=O)cc3c1CC(=O)N2. The summed E-state index contributed by atoms with van der Waals surface area (Å²) >= 11 is 0. The summed E-state index contributed by atoms with van der Waals surface area (Å²) in [6.07, 6.45) is 1.34. The van der Waals surface area contributed by atoms with Crippen molar-refractivity contribution in [2.24, 2.45) is 0 Å². The molecule has 1 aliphatic heterocycles. The van der Waals surface area contributed by atoms with Gasteiger partial charge in [-0.15, -0.1) is 0 Å². The lowest BCUT2D eigenvalue weighted by Gasteiger charge is -2.09. The molecule has 0 bridgehead atoms. The molecule has 6 nitrogen and oxygen atoms in total. The molecule has 0 spiro atoms. The molecule has 0 aliphatic carbocycles. The van der Waals surface area contributed by atoms with Crippen LogP contribution in [0.15, 0.2) is 41.3 Å². The molecule has 0 atom stereocenters. The summed E-state index contributed by atoms with van der Waals surface area (Å²) in [5.41, 5.74) is 3.88. The predicted molar refractivity (Wildman–Crippen MR) is 95.7 cm³/mol. The quantitative estimate of drug-likeness (QED) is 0.739. The number of carbonyl (C=O) groups excluding carboxylic acids is 1. The van der Waals surface area contributed by atoms with Gasteiger partial charge in [-0.3, -0.25) is 4.79 Å². The largest absolute Gasteiger partial charge is 0.497 e. The van der Waals surface area contributed by atoms with Gasteiger partial charge in [0.05, 0.1) is 29.8 Å². The number of aromatic nitrogens is 1. The molecule has 0 saturated heterocycles. The maximum absolute atomic E-state index is 12.3. The van der Waals surface area contributed by atoms with Crippen molar-refractivity contribution < 1.29 is 17.9 Å². The normalized spacial score (nSPS) is 13.8. The molecule has 25 heavy (non-hydrogen) atoms. The van der Waals surface area contributed by atoms with E-state index in [1.165, 1.54) is 6.26 Å². The number of anilines is 1. The van der Waals surface area contributed by atoms with Crippen LogP contribution in [0.25, 0.3) is 22.2 Å². The summed E-state index contributed by atoms with van der Waals surface area (Å²) < 4.78 is 29.0. The molecule has 128 valence electrons. The van der Waals surface area contributed by atoms with Crippen LogP contribution in [0, 0.1) is 0 Å². The van der Waals surface area contributed by atoms with Gasteiger partial charge in [0, 0.05) is 22.7 Å². The van der Waals surface area contributed by atoms with Crippen LogP contribution in [0.3, 0.4) is 0 Å². The summed E-state index contributed by atoms with van der Waals surface area (Å²) in [7, 11) is -1.74. The minimum atomic E-state index is -3.33. The number of amides is 1. The van der Waals surface area contributed by atoms with Gasteiger partial charge in [0.1, 0.15) is 5.75 Å². The Hall–Kier alpha value is -2.80. The van der Waals surface area contributed by atoms with Crippen LogP contribution >= 0.6 is 0 Å². The maximum atomic E-state index is 12.3. The van der Waals surface area contributed by atoms with Crippen LogP contribution in [0.2, 0.25) is 0 Å². The van der Waals surface area contributed by atoms with E-state index in [0.717, 1.165) is 27.7 Å². The molecule has 2 N–H and O–H groups in total. The Bertz CT molecular complexity index is 1130. The average Bonchev–Trinajstić information content (AvgIpc) is 2.85. The van der Waals surface area contributed by atoms with Crippen molar-refractivity contribution in [3.63, 3.8) is 0 Å². The highest BCUT2D eigenvalue weighted by Crippen LogP contribution is 2.39. The number of aromatic amines is 1. The number of carbonyl (C=O) groups is 1. The number of rotatable bonds is 2. The summed E-state index contributed by atoms with van der Waals surface area (Å²) in [5.74, 6) is 0.534. The molecule has 0 unspecified atom stereocenters. The fourth-order valence-electron chi connectivity index (χ4n) is 3.19. The molecule has 1 amide bonds. The number of methoxy groups -OCH3 is 1. The maximum Gasteiger partial charge on any atom is 0.228 e. The molecular formula is C18H16N2O4S. The van der Waals surface area contributed by atoms with E-state index in [4.69, 9.17) is 4.74 Å². The summed E-state index contributed by atoms with van der Waals surface area (Å²) in [6, 6.07) is 10.4. The van der Waals surface area contributed by atoms with Crippen molar-refractivity contribution in [3.8, 4) is 17.0 Å². The first-order chi connectivity index (χ1) is 11.9. The van der Waals surface area contributed by atoms with Gasteiger partial charge in [-0.1, -0.05) is 0 Å². The van der Waals surface area contributed by atoms with E-state index in [-0.39, 0.29) is 17.2 Å². The Kier molecular flexibility index (Phi) is 3.36. The van der Waals surface area contributed by atoms with Crippen LogP contribution in [0.1, 0.15) is 5.56 Å². The van der Waals surface area contributed by atoms with E-state index in [1.807, 2.05) is 6.07 Å². The first kappa shape index (κ1) is 15.7. The van der Waals surface area contributed by atoms with Crippen molar-refractivity contribution in [3.05, 3.63) is 42.0 Å². The zero-order valence-corrected chi connectivity index (χ0v) is 14.5. The molecule has 0 saturated carbocycles. The lowest BCUT2D eigenvalue weighted by atomic mass is 10.0. The fourth-order valence-corrected chi connectivity index (χ4v) is 3.84. The van der Waals surface area contributed by atoms with E-state index >= 15 is 0 Å². The third-order valence-corrected chi connectivity index (χ3v) is 5.52. The Morgan fingerprint density at radius 3 is 2.64 bits per heavy atom. The van der Waals surface area contributed by atoms with E-state index in [0.29, 0.717) is 11.4 Å². The number of sulfone groups is 1. The second kappa shape index (κ2) is 5.35. The number of hydrogen-bond donors (Lipinski definition) is 2. The average molecular weight is 356 g/mol. The Labute approximate surface area is 144 Å². The lowest BCUT2D eigenvalue weighted by Crippen LogP contribution is -2.12. The minimum Gasteiger partial charge on any atom is -0.497 e. The standard InChI is InChI=1S/C18H16N2O4S/c1-24-10-3-5-16-14(7-10)18-13(9-17(21)19-16)12-8-11(25(2,22)23)4-6-15(12)20-18/h3-8,20H,9H2,1-2H3,(H,19,21). The highest BCUT2D eigenvalue weighted by atomic mass is 32.2. The fraction of sp³-hybridized carbons (Fsp3) is 0.167. The molecule has 1 aliphatic rings. The first-order valence-electron chi connectivity index (χ1n) is 7.70. The summed E-state index contributed by atoms with van der Waals surface area (Å²) in [6.45, 7) is 0. The Morgan fingerprint density at radius 2 is 1.92 bits per heavy atom. The predicted octanol–water partition coefficient (Wildman–Crippen LogP) is 2.74. The van der Waals surface area contributed by atoms with Crippen LogP contribution < -0.4 is 10.1 Å². The zero-order chi connectivity index (χ0) is 17.8. The van der Waals surface area contributed by atoms with Crippen molar-refractivity contribution in [2.45, 2.75) is 11.3 Å². The third-order valence-electron chi connectivity index (χ3n) is 4.41. The molecule has 2 heterocycles. The highest BCUT2D eigenvalue weighted by molar-refractivity contribution is 7.90. The van der Waals surface area contributed by atoms with Gasteiger partial charge in [0.15, 0.2) is 9.84 Å². The van der Waals surface area contributed by atoms with Crippen molar-refractivity contribution >= 4 is 32.3 Å². The van der Waals surface area contributed by atoms with Gasteiger partial charge in [-0.25, -0.2) is 8.42 Å². The number of benzene rings is 2. The van der Waals surface area contributed by atoms with Gasteiger partial charge >= 0.3 is 0 Å². The van der Waals surface area contributed by atoms with Gasteiger partial charge in [0.25, 0.3) is 0 Å². The Morgan fingerprint density at radius 1 is 1.12 bits per heavy atom. The monoisotopic (exact) mass is 356 g/mol. The van der Waals surface area contributed by atoms with E-state index in [9.17, 15) is 13.2 Å². The highest BCUT2D eigenvalue weighted by Gasteiger charge is 2.24. The van der Waals surface area contributed by atoms with Gasteiger partial charge < -0.3 is 15.0 Å². The number of hydrogen-bond acceptors (Lipinski definition) is 4. The smallest absolute Gasteiger partial charge is 0.228 e. The van der Waals surface area contributed by atoms with E-state index in [2.05, 4.69) is 10.3 Å². The lowest BCUT2D eigenvalue weighted by molar-refractivity contribution is -0.115. The van der Waals surface area contributed by atoms with Crippen molar-refractivity contribution in [1.29, 1.82) is 0 Å². The van der Waals surface area contributed by atoms with Crippen molar-refractivity contribution in [1.82, 2.24) is 4.98 Å². The summed E-state index contributed by atoms with van der Waals surface area (Å²) in [5, 5.41) is 3.62. The topological polar surface area (TPSA) is 88.3 Å². The van der Waals surface area contributed by atoms with Crippen LogP contribution in [-0.2, 0) is 21.1 Å². The number of nitrogens with one attached hydrogen (secondary N) is 2. The number of fused-ring (bicyclic) bond motifs is 5. The van der Waals surface area contributed by atoms with Gasteiger partial charge in [0.2, 0.25) is 5.91 Å². The molecule has 0 radical (unpaired) electrons. The first-order valence-corrected chi connectivity index (χ1v) is 9.59. The number of H-pyrrole nitrogens is 1. The van der Waals surface area contributed by atoms with Crippen LogP contribution in [0.5, 0.6) is 5.75 Å². The zero-order valence-electron chi connectivity index (χ0n) is 13.7. The van der Waals surface area contributed by atoms with Gasteiger partial charge in [-0.2, -0.15) is 0 Å². The molecule has 4 rings (SSSR count). The number of ether oxygens (including phenoxy) is 1. The van der Waals surface area contributed by atoms with Crippen LogP contribution in [0.4, 0.5) is 5.69 Å². The summed E-state index contributed by atoms with van der Waals surface area (Å²) in [4.78, 5) is 15.9. The second-order valence-corrected chi connectivity index (χ2v) is 8.11. The molecule has 1 aromatic heterocycles. The van der Waals surface area contributed by atoms with E-state index in [1.54, 1.807) is 37.4 Å².